The van der Waals surface area contributed by atoms with Gasteiger partial charge < -0.3 is 19.3 Å². The molecule has 0 saturated carbocycles. The van der Waals surface area contributed by atoms with E-state index in [-0.39, 0.29) is 11.6 Å². The van der Waals surface area contributed by atoms with Gasteiger partial charge in [-0.1, -0.05) is 23.9 Å². The van der Waals surface area contributed by atoms with Crippen molar-refractivity contribution >= 4 is 29.2 Å². The molecule has 30 heavy (non-hydrogen) atoms. The molecular weight excluding hydrogens is 407 g/mol. The maximum atomic E-state index is 14.1. The minimum absolute atomic E-state index is 0.0795. The van der Waals surface area contributed by atoms with Gasteiger partial charge in [-0.3, -0.25) is 0 Å². The van der Waals surface area contributed by atoms with Crippen molar-refractivity contribution in [3.63, 3.8) is 0 Å². The van der Waals surface area contributed by atoms with Gasteiger partial charge in [0, 0.05) is 37.9 Å². The summed E-state index contributed by atoms with van der Waals surface area (Å²) in [6.07, 6.45) is 0. The number of furan rings is 1. The summed E-state index contributed by atoms with van der Waals surface area (Å²) in [7, 11) is 0. The van der Waals surface area contributed by atoms with E-state index >= 15 is 0 Å². The number of carboxylic acid groups (broad SMARTS) is 1. The lowest BCUT2D eigenvalue weighted by atomic mass is 10.2. The lowest BCUT2D eigenvalue weighted by molar-refractivity contribution is 0.0661. The van der Waals surface area contributed by atoms with E-state index in [1.165, 1.54) is 23.9 Å². The van der Waals surface area contributed by atoms with Crippen LogP contribution in [0.3, 0.4) is 0 Å². The van der Waals surface area contributed by atoms with Crippen LogP contribution in [0.5, 0.6) is 0 Å². The fraction of sp³-hybridized carbons (Fsp3) is 0.286. The fourth-order valence-electron chi connectivity index (χ4n) is 3.34. The molecule has 1 N–H and O–H groups in total. The molecule has 3 heterocycles. The number of hydrogen-bond acceptors (Lipinski definition) is 7. The van der Waals surface area contributed by atoms with Crippen LogP contribution < -0.4 is 9.80 Å². The highest BCUT2D eigenvalue weighted by molar-refractivity contribution is 7.98. The largest absolute Gasteiger partial charge is 0.475 e. The molecule has 0 bridgehead atoms. The van der Waals surface area contributed by atoms with Crippen molar-refractivity contribution in [3.05, 3.63) is 65.5 Å². The maximum Gasteiger partial charge on any atom is 0.371 e. The number of aryl methyl sites for hydroxylation is 1. The number of hydrogen-bond donors (Lipinski definition) is 1. The van der Waals surface area contributed by atoms with Gasteiger partial charge in [0.2, 0.25) is 5.76 Å². The van der Waals surface area contributed by atoms with Gasteiger partial charge in [0.1, 0.15) is 17.4 Å². The number of halogens is 1. The maximum absolute atomic E-state index is 14.1. The molecule has 2 aromatic heterocycles. The third-order valence-corrected chi connectivity index (χ3v) is 5.70. The minimum Gasteiger partial charge on any atom is -0.475 e. The minimum atomic E-state index is -1.09. The van der Waals surface area contributed by atoms with Crippen molar-refractivity contribution in [2.45, 2.75) is 17.8 Å². The molecule has 156 valence electrons. The lowest BCUT2D eigenvalue weighted by Crippen LogP contribution is -2.47. The van der Waals surface area contributed by atoms with Crippen LogP contribution in [0, 0.1) is 12.7 Å². The topological polar surface area (TPSA) is 82.7 Å². The van der Waals surface area contributed by atoms with Gasteiger partial charge in [0.05, 0.1) is 11.4 Å². The Balaban J connectivity index is 1.41. The molecule has 0 atom stereocenters. The number of piperazine rings is 1. The van der Waals surface area contributed by atoms with Gasteiger partial charge in [-0.15, -0.1) is 0 Å². The predicted octanol–water partition coefficient (Wildman–Crippen LogP) is 3.83. The Morgan fingerprint density at radius 1 is 1.13 bits per heavy atom. The molecule has 1 aliphatic heterocycles. The number of anilines is 2. The standard InChI is InChI=1S/C21H21FN4O3S/c1-14-12-19(24-21(23-14)30-13-15-6-7-18(29-15)20(27)28)26-10-8-25(9-11-26)17-5-3-2-4-16(17)22/h2-7,12H,8-11,13H2,1H3,(H,27,28). The van der Waals surface area contributed by atoms with Crippen LogP contribution in [-0.2, 0) is 5.75 Å². The van der Waals surface area contributed by atoms with E-state index in [9.17, 15) is 9.18 Å². The van der Waals surface area contributed by atoms with Crippen molar-refractivity contribution in [3.8, 4) is 0 Å². The van der Waals surface area contributed by atoms with E-state index in [4.69, 9.17) is 9.52 Å². The SMILES string of the molecule is Cc1cc(N2CCN(c3ccccc3F)CC2)nc(SCc2ccc(C(=O)O)o2)n1. The number of rotatable bonds is 6. The van der Waals surface area contributed by atoms with Gasteiger partial charge in [-0.05, 0) is 31.2 Å². The van der Waals surface area contributed by atoms with Crippen LogP contribution >= 0.6 is 11.8 Å². The van der Waals surface area contributed by atoms with E-state index in [0.29, 0.717) is 35.4 Å². The molecule has 0 amide bonds. The van der Waals surface area contributed by atoms with E-state index in [0.717, 1.165) is 24.6 Å². The Bertz CT molecular complexity index is 1050. The van der Waals surface area contributed by atoms with Gasteiger partial charge in [-0.25, -0.2) is 19.2 Å². The van der Waals surface area contributed by atoms with Gasteiger partial charge in [-0.2, -0.15) is 0 Å². The molecule has 1 aliphatic rings. The third-order valence-electron chi connectivity index (χ3n) is 4.83. The first-order valence-electron chi connectivity index (χ1n) is 9.54. The first-order valence-corrected chi connectivity index (χ1v) is 10.5. The summed E-state index contributed by atoms with van der Waals surface area (Å²) in [6.45, 7) is 4.79. The molecule has 0 radical (unpaired) electrons. The first kappa shape index (κ1) is 20.2. The molecule has 9 heteroatoms. The number of nitrogens with zero attached hydrogens (tertiary/aromatic N) is 4. The highest BCUT2D eigenvalue weighted by Gasteiger charge is 2.21. The Morgan fingerprint density at radius 3 is 2.57 bits per heavy atom. The number of benzene rings is 1. The van der Waals surface area contributed by atoms with Crippen molar-refractivity contribution in [2.24, 2.45) is 0 Å². The van der Waals surface area contributed by atoms with Crippen LogP contribution in [0.25, 0.3) is 0 Å². The number of carbonyl (C=O) groups is 1. The van der Waals surface area contributed by atoms with Crippen molar-refractivity contribution in [1.82, 2.24) is 9.97 Å². The van der Waals surface area contributed by atoms with E-state index in [1.807, 2.05) is 24.0 Å². The summed E-state index contributed by atoms with van der Waals surface area (Å²) in [5.74, 6) is 0.467. The molecule has 1 fully saturated rings. The smallest absolute Gasteiger partial charge is 0.371 e. The predicted molar refractivity (Wildman–Crippen MR) is 113 cm³/mol. The Hall–Kier alpha value is -3.07. The summed E-state index contributed by atoms with van der Waals surface area (Å²) in [5.41, 5.74) is 1.48. The van der Waals surface area contributed by atoms with Gasteiger partial charge in [0.25, 0.3) is 0 Å². The number of carboxylic acids is 1. The van der Waals surface area contributed by atoms with Crippen molar-refractivity contribution in [1.29, 1.82) is 0 Å². The molecule has 7 nitrogen and oxygen atoms in total. The molecule has 0 spiro atoms. The van der Waals surface area contributed by atoms with E-state index in [1.54, 1.807) is 18.2 Å². The van der Waals surface area contributed by atoms with E-state index < -0.39 is 5.97 Å². The fourth-order valence-corrected chi connectivity index (χ4v) is 4.14. The Labute approximate surface area is 177 Å². The second-order valence-electron chi connectivity index (χ2n) is 6.94. The number of aromatic carboxylic acids is 1. The van der Waals surface area contributed by atoms with Crippen LogP contribution in [0.15, 0.2) is 52.0 Å². The first-order chi connectivity index (χ1) is 14.5. The third kappa shape index (κ3) is 4.56. The molecular formula is C21H21FN4O3S. The number of para-hydroxylation sites is 1. The summed E-state index contributed by atoms with van der Waals surface area (Å²) < 4.78 is 19.3. The molecule has 0 unspecified atom stereocenters. The molecule has 1 saturated heterocycles. The summed E-state index contributed by atoms with van der Waals surface area (Å²) in [6, 6.07) is 11.9. The Morgan fingerprint density at radius 2 is 1.87 bits per heavy atom. The number of aromatic nitrogens is 2. The zero-order chi connectivity index (χ0) is 21.1. The Kier molecular flexibility index (Phi) is 5.89. The normalized spacial score (nSPS) is 14.2. The highest BCUT2D eigenvalue weighted by atomic mass is 32.2. The zero-order valence-electron chi connectivity index (χ0n) is 16.4. The zero-order valence-corrected chi connectivity index (χ0v) is 17.2. The quantitative estimate of drug-likeness (QED) is 0.469. The van der Waals surface area contributed by atoms with Crippen LogP contribution in [0.1, 0.15) is 22.0 Å². The second-order valence-corrected chi connectivity index (χ2v) is 7.88. The summed E-state index contributed by atoms with van der Waals surface area (Å²) >= 11 is 1.39. The average molecular weight is 428 g/mol. The van der Waals surface area contributed by atoms with Gasteiger partial charge >= 0.3 is 5.97 Å². The monoisotopic (exact) mass is 428 g/mol. The molecule has 1 aromatic carbocycles. The number of thioether (sulfide) groups is 1. The van der Waals surface area contributed by atoms with Crippen molar-refractivity contribution in [2.75, 3.05) is 36.0 Å². The molecule has 3 aromatic rings. The van der Waals surface area contributed by atoms with Crippen LogP contribution in [0.2, 0.25) is 0 Å². The molecule has 0 aliphatic carbocycles. The van der Waals surface area contributed by atoms with Crippen LogP contribution in [0.4, 0.5) is 15.9 Å². The molecule has 4 rings (SSSR count). The lowest BCUT2D eigenvalue weighted by Gasteiger charge is -2.37. The van der Waals surface area contributed by atoms with Crippen LogP contribution in [-0.4, -0.2) is 47.2 Å². The second kappa shape index (κ2) is 8.74. The van der Waals surface area contributed by atoms with Crippen molar-refractivity contribution < 1.29 is 18.7 Å². The average Bonchev–Trinajstić information content (AvgIpc) is 3.22. The van der Waals surface area contributed by atoms with E-state index in [2.05, 4.69) is 14.9 Å². The highest BCUT2D eigenvalue weighted by Crippen LogP contribution is 2.26. The van der Waals surface area contributed by atoms with Gasteiger partial charge in [0.15, 0.2) is 5.16 Å². The summed E-state index contributed by atoms with van der Waals surface area (Å²) in [4.78, 5) is 24.3. The summed E-state index contributed by atoms with van der Waals surface area (Å²) in [5, 5.41) is 9.56.